The lowest BCUT2D eigenvalue weighted by Gasteiger charge is -2.22. The van der Waals surface area contributed by atoms with Crippen LogP contribution in [-0.2, 0) is 24.2 Å². The van der Waals surface area contributed by atoms with E-state index in [0.29, 0.717) is 12.4 Å². The second-order valence-corrected chi connectivity index (χ2v) is 4.37. The van der Waals surface area contributed by atoms with Gasteiger partial charge in [0, 0.05) is 26.2 Å². The van der Waals surface area contributed by atoms with Crippen molar-refractivity contribution in [3.8, 4) is 0 Å². The van der Waals surface area contributed by atoms with E-state index in [4.69, 9.17) is 5.73 Å². The van der Waals surface area contributed by atoms with Gasteiger partial charge in [0.2, 0.25) is 5.91 Å². The summed E-state index contributed by atoms with van der Waals surface area (Å²) < 4.78 is 0. The number of likely N-dealkylation sites (N-methyl/N-ethyl adjacent to an activating group) is 2. The SMILES string of the molecule is CCc1nnc(N(C)CC(=O)NC)c(CN)c1CC. The van der Waals surface area contributed by atoms with Gasteiger partial charge < -0.3 is 16.0 Å². The van der Waals surface area contributed by atoms with Crippen LogP contribution < -0.4 is 16.0 Å². The quantitative estimate of drug-likeness (QED) is 0.770. The Labute approximate surface area is 114 Å². The van der Waals surface area contributed by atoms with Crippen molar-refractivity contribution >= 4 is 11.7 Å². The number of hydrogen-bond acceptors (Lipinski definition) is 5. The number of nitrogens with zero attached hydrogens (tertiary/aromatic N) is 3. The van der Waals surface area contributed by atoms with Crippen LogP contribution in [-0.4, -0.2) is 36.7 Å². The molecule has 0 saturated carbocycles. The van der Waals surface area contributed by atoms with E-state index in [-0.39, 0.29) is 12.5 Å². The normalized spacial score (nSPS) is 10.4. The molecule has 6 heteroatoms. The zero-order valence-corrected chi connectivity index (χ0v) is 12.2. The zero-order chi connectivity index (χ0) is 14.4. The van der Waals surface area contributed by atoms with E-state index in [2.05, 4.69) is 29.4 Å². The van der Waals surface area contributed by atoms with E-state index in [1.54, 1.807) is 11.9 Å². The molecule has 0 atom stereocenters. The van der Waals surface area contributed by atoms with Crippen molar-refractivity contribution in [2.75, 3.05) is 25.5 Å². The Bertz CT molecular complexity index is 447. The van der Waals surface area contributed by atoms with E-state index in [1.165, 1.54) is 0 Å². The summed E-state index contributed by atoms with van der Waals surface area (Å²) >= 11 is 0. The fraction of sp³-hybridized carbons (Fsp3) is 0.615. The van der Waals surface area contributed by atoms with Crippen LogP contribution in [0.3, 0.4) is 0 Å². The molecule has 0 saturated heterocycles. The van der Waals surface area contributed by atoms with Gasteiger partial charge in [-0.1, -0.05) is 13.8 Å². The third-order valence-electron chi connectivity index (χ3n) is 3.16. The molecule has 3 N–H and O–H groups in total. The molecule has 0 aliphatic carbocycles. The molecular formula is C13H23N5O. The molecule has 1 amide bonds. The summed E-state index contributed by atoms with van der Waals surface area (Å²) in [6, 6.07) is 0. The predicted octanol–water partition coefficient (Wildman–Crippen LogP) is 0.242. The molecule has 0 aliphatic rings. The third-order valence-corrected chi connectivity index (χ3v) is 3.16. The number of rotatable bonds is 6. The van der Waals surface area contributed by atoms with Gasteiger partial charge in [0.15, 0.2) is 5.82 Å². The molecular weight excluding hydrogens is 242 g/mol. The first-order valence-electron chi connectivity index (χ1n) is 6.58. The number of carbonyl (C=O) groups is 1. The first-order valence-corrected chi connectivity index (χ1v) is 6.58. The predicted molar refractivity (Wildman–Crippen MR) is 76.0 cm³/mol. The minimum atomic E-state index is -0.0649. The van der Waals surface area contributed by atoms with Crippen LogP contribution in [0, 0.1) is 0 Å². The van der Waals surface area contributed by atoms with Gasteiger partial charge in [0.05, 0.1) is 12.2 Å². The second-order valence-electron chi connectivity index (χ2n) is 4.37. The standard InChI is InChI=1S/C13H23N5O/c1-5-9-10(7-14)13(17-16-11(9)6-2)18(4)8-12(19)15-3/h5-8,14H2,1-4H3,(H,15,19). The molecule has 0 bridgehead atoms. The van der Waals surface area contributed by atoms with Gasteiger partial charge in [-0.25, -0.2) is 0 Å². The number of nitrogens with two attached hydrogens (primary N) is 1. The van der Waals surface area contributed by atoms with Crippen LogP contribution in [0.1, 0.15) is 30.7 Å². The van der Waals surface area contributed by atoms with Gasteiger partial charge in [-0.2, -0.15) is 5.10 Å². The number of hydrogen-bond donors (Lipinski definition) is 2. The van der Waals surface area contributed by atoms with E-state index >= 15 is 0 Å². The van der Waals surface area contributed by atoms with Crippen molar-refractivity contribution in [2.45, 2.75) is 33.2 Å². The Balaban J connectivity index is 3.17. The molecule has 1 aromatic heterocycles. The lowest BCUT2D eigenvalue weighted by molar-refractivity contribution is -0.119. The Hall–Kier alpha value is -1.69. The van der Waals surface area contributed by atoms with Crippen LogP contribution in [0.4, 0.5) is 5.82 Å². The van der Waals surface area contributed by atoms with E-state index in [1.807, 2.05) is 7.05 Å². The smallest absolute Gasteiger partial charge is 0.239 e. The highest BCUT2D eigenvalue weighted by molar-refractivity contribution is 5.80. The molecule has 1 heterocycles. The Morgan fingerprint density at radius 3 is 2.42 bits per heavy atom. The molecule has 1 aromatic rings. The van der Waals surface area contributed by atoms with Crippen LogP contribution in [0.5, 0.6) is 0 Å². The number of aryl methyl sites for hydroxylation is 1. The molecule has 0 radical (unpaired) electrons. The van der Waals surface area contributed by atoms with Crippen LogP contribution in [0.25, 0.3) is 0 Å². The maximum atomic E-state index is 11.4. The number of aromatic nitrogens is 2. The van der Waals surface area contributed by atoms with Crippen molar-refractivity contribution in [1.29, 1.82) is 0 Å². The van der Waals surface area contributed by atoms with Gasteiger partial charge in [-0.3, -0.25) is 4.79 Å². The Morgan fingerprint density at radius 2 is 1.95 bits per heavy atom. The molecule has 19 heavy (non-hydrogen) atoms. The van der Waals surface area contributed by atoms with E-state index in [0.717, 1.165) is 29.7 Å². The zero-order valence-electron chi connectivity index (χ0n) is 12.2. The fourth-order valence-electron chi connectivity index (χ4n) is 2.13. The highest BCUT2D eigenvalue weighted by atomic mass is 16.1. The summed E-state index contributed by atoms with van der Waals surface area (Å²) in [7, 11) is 3.44. The van der Waals surface area contributed by atoms with Gasteiger partial charge in [-0.05, 0) is 18.4 Å². The summed E-state index contributed by atoms with van der Waals surface area (Å²) in [6.45, 7) is 4.78. The average Bonchev–Trinajstić information content (AvgIpc) is 2.44. The summed E-state index contributed by atoms with van der Waals surface area (Å²) in [5.41, 5.74) is 8.98. The van der Waals surface area contributed by atoms with Gasteiger partial charge in [0.1, 0.15) is 0 Å². The second kappa shape index (κ2) is 7.04. The topological polar surface area (TPSA) is 84.1 Å². The molecule has 6 nitrogen and oxygen atoms in total. The first kappa shape index (κ1) is 15.4. The molecule has 0 fully saturated rings. The Morgan fingerprint density at radius 1 is 1.26 bits per heavy atom. The maximum absolute atomic E-state index is 11.4. The molecule has 0 spiro atoms. The highest BCUT2D eigenvalue weighted by Gasteiger charge is 2.17. The monoisotopic (exact) mass is 265 g/mol. The maximum Gasteiger partial charge on any atom is 0.239 e. The van der Waals surface area contributed by atoms with Gasteiger partial charge in [0.25, 0.3) is 0 Å². The van der Waals surface area contributed by atoms with Crippen molar-refractivity contribution in [3.63, 3.8) is 0 Å². The highest BCUT2D eigenvalue weighted by Crippen LogP contribution is 2.22. The van der Waals surface area contributed by atoms with Crippen molar-refractivity contribution in [1.82, 2.24) is 15.5 Å². The van der Waals surface area contributed by atoms with Crippen molar-refractivity contribution in [3.05, 3.63) is 16.8 Å². The van der Waals surface area contributed by atoms with E-state index < -0.39 is 0 Å². The average molecular weight is 265 g/mol. The summed E-state index contributed by atoms with van der Waals surface area (Å²) in [4.78, 5) is 13.2. The lowest BCUT2D eigenvalue weighted by atomic mass is 10.0. The lowest BCUT2D eigenvalue weighted by Crippen LogP contribution is -2.34. The summed E-state index contributed by atoms with van der Waals surface area (Å²) in [6.07, 6.45) is 1.70. The summed E-state index contributed by atoms with van der Waals surface area (Å²) in [5.74, 6) is 0.630. The van der Waals surface area contributed by atoms with Gasteiger partial charge in [-0.15, -0.1) is 5.10 Å². The first-order chi connectivity index (χ1) is 9.08. The minimum absolute atomic E-state index is 0.0649. The molecule has 1 rings (SSSR count). The molecule has 0 aliphatic heterocycles. The molecule has 106 valence electrons. The fourth-order valence-corrected chi connectivity index (χ4v) is 2.13. The number of amides is 1. The molecule has 0 unspecified atom stereocenters. The number of carbonyl (C=O) groups excluding carboxylic acids is 1. The largest absolute Gasteiger partial charge is 0.358 e. The minimum Gasteiger partial charge on any atom is -0.358 e. The van der Waals surface area contributed by atoms with Crippen molar-refractivity contribution in [2.24, 2.45) is 5.73 Å². The summed E-state index contributed by atoms with van der Waals surface area (Å²) in [5, 5.41) is 11.1. The number of nitrogens with one attached hydrogen (secondary N) is 1. The number of anilines is 1. The Kier molecular flexibility index (Phi) is 5.69. The van der Waals surface area contributed by atoms with E-state index in [9.17, 15) is 4.79 Å². The van der Waals surface area contributed by atoms with Crippen LogP contribution >= 0.6 is 0 Å². The third kappa shape index (κ3) is 3.41. The van der Waals surface area contributed by atoms with Crippen LogP contribution in [0.2, 0.25) is 0 Å². The molecule has 0 aromatic carbocycles. The van der Waals surface area contributed by atoms with Crippen LogP contribution in [0.15, 0.2) is 0 Å². The van der Waals surface area contributed by atoms with Gasteiger partial charge >= 0.3 is 0 Å². The van der Waals surface area contributed by atoms with Crippen molar-refractivity contribution < 1.29 is 4.79 Å².